The molecule has 1 heterocycles. The lowest BCUT2D eigenvalue weighted by Gasteiger charge is -2.24. The normalized spacial score (nSPS) is 13.9. The van der Waals surface area contributed by atoms with Crippen LogP contribution >= 0.6 is 11.6 Å². The number of carboxylic acid groups (broad SMARTS) is 1. The highest BCUT2D eigenvalue weighted by Crippen LogP contribution is 2.19. The number of nitrogens with zero attached hydrogens (tertiary/aromatic N) is 1. The number of aromatic nitrogens is 1. The van der Waals surface area contributed by atoms with Crippen molar-refractivity contribution >= 4 is 23.5 Å². The molecule has 0 spiro atoms. The summed E-state index contributed by atoms with van der Waals surface area (Å²) in [6.45, 7) is 7.05. The van der Waals surface area contributed by atoms with Crippen molar-refractivity contribution in [1.29, 1.82) is 0 Å². The molecular weight excluding hydrogens is 280 g/mol. The molecule has 1 amide bonds. The first-order chi connectivity index (χ1) is 9.19. The SMILES string of the molecule is CCC(C)(NC(=O)c1cc(Cl)nc(C(C)C)c1)C(=O)O. The Morgan fingerprint density at radius 1 is 1.45 bits per heavy atom. The highest BCUT2D eigenvalue weighted by molar-refractivity contribution is 6.29. The number of amides is 1. The third-order valence-corrected chi connectivity index (χ3v) is 3.43. The zero-order valence-corrected chi connectivity index (χ0v) is 12.8. The van der Waals surface area contributed by atoms with Gasteiger partial charge in [0.05, 0.1) is 0 Å². The average molecular weight is 299 g/mol. The van der Waals surface area contributed by atoms with Crippen LogP contribution in [0.15, 0.2) is 12.1 Å². The topological polar surface area (TPSA) is 79.3 Å². The summed E-state index contributed by atoms with van der Waals surface area (Å²) in [7, 11) is 0. The number of carboxylic acids is 1. The summed E-state index contributed by atoms with van der Waals surface area (Å²) in [5, 5.41) is 11.9. The van der Waals surface area contributed by atoms with Crippen molar-refractivity contribution in [3.05, 3.63) is 28.5 Å². The smallest absolute Gasteiger partial charge is 0.329 e. The number of carbonyl (C=O) groups excluding carboxylic acids is 1. The quantitative estimate of drug-likeness (QED) is 0.819. The van der Waals surface area contributed by atoms with Crippen LogP contribution in [0.25, 0.3) is 0 Å². The van der Waals surface area contributed by atoms with E-state index in [-0.39, 0.29) is 17.5 Å². The summed E-state index contributed by atoms with van der Waals surface area (Å²) in [5.74, 6) is -1.42. The fourth-order valence-electron chi connectivity index (χ4n) is 1.56. The van der Waals surface area contributed by atoms with Crippen molar-refractivity contribution in [2.75, 3.05) is 0 Å². The molecule has 2 N–H and O–H groups in total. The molecule has 0 aliphatic carbocycles. The third kappa shape index (κ3) is 3.70. The molecule has 0 saturated heterocycles. The number of halogens is 1. The Balaban J connectivity index is 3.07. The van der Waals surface area contributed by atoms with Crippen LogP contribution < -0.4 is 5.32 Å². The number of rotatable bonds is 5. The van der Waals surface area contributed by atoms with Gasteiger partial charge in [-0.3, -0.25) is 4.79 Å². The number of aliphatic carboxylic acids is 1. The molecule has 0 aromatic carbocycles. The lowest BCUT2D eigenvalue weighted by atomic mass is 9.98. The maximum absolute atomic E-state index is 12.2. The molecule has 0 bridgehead atoms. The summed E-state index contributed by atoms with van der Waals surface area (Å²) in [5.41, 5.74) is -0.295. The predicted octanol–water partition coefficient (Wildman–Crippen LogP) is 2.84. The molecule has 0 aliphatic heterocycles. The van der Waals surface area contributed by atoms with E-state index in [0.29, 0.717) is 11.3 Å². The van der Waals surface area contributed by atoms with E-state index in [9.17, 15) is 14.7 Å². The van der Waals surface area contributed by atoms with E-state index >= 15 is 0 Å². The second kappa shape index (κ2) is 6.22. The summed E-state index contributed by atoms with van der Waals surface area (Å²) >= 11 is 5.90. The third-order valence-electron chi connectivity index (χ3n) is 3.24. The molecule has 0 radical (unpaired) electrons. The van der Waals surface area contributed by atoms with E-state index in [2.05, 4.69) is 10.3 Å². The highest BCUT2D eigenvalue weighted by Gasteiger charge is 2.33. The van der Waals surface area contributed by atoms with Crippen LogP contribution in [0.4, 0.5) is 0 Å². The van der Waals surface area contributed by atoms with E-state index in [1.54, 1.807) is 13.0 Å². The molecule has 5 nitrogen and oxygen atoms in total. The Morgan fingerprint density at radius 2 is 2.05 bits per heavy atom. The number of carbonyl (C=O) groups is 2. The summed E-state index contributed by atoms with van der Waals surface area (Å²) in [6.07, 6.45) is 0.282. The van der Waals surface area contributed by atoms with Gasteiger partial charge < -0.3 is 10.4 Å². The van der Waals surface area contributed by atoms with Crippen molar-refractivity contribution in [2.24, 2.45) is 0 Å². The molecule has 1 aromatic heterocycles. The Labute approximate surface area is 123 Å². The maximum atomic E-state index is 12.2. The Kier molecular flexibility index (Phi) is 5.11. The summed E-state index contributed by atoms with van der Waals surface area (Å²) < 4.78 is 0. The van der Waals surface area contributed by atoms with Gasteiger partial charge in [-0.05, 0) is 31.4 Å². The molecule has 1 rings (SSSR count). The van der Waals surface area contributed by atoms with Gasteiger partial charge in [0.2, 0.25) is 0 Å². The minimum Gasteiger partial charge on any atom is -0.480 e. The minimum absolute atomic E-state index is 0.122. The Bertz CT molecular complexity index is 531. The fourth-order valence-corrected chi connectivity index (χ4v) is 1.78. The van der Waals surface area contributed by atoms with Crippen LogP contribution in [0.3, 0.4) is 0 Å². The zero-order valence-electron chi connectivity index (χ0n) is 12.0. The highest BCUT2D eigenvalue weighted by atomic mass is 35.5. The number of hydrogen-bond acceptors (Lipinski definition) is 3. The van der Waals surface area contributed by atoms with Gasteiger partial charge in [0, 0.05) is 11.3 Å². The maximum Gasteiger partial charge on any atom is 0.329 e. The van der Waals surface area contributed by atoms with Crippen molar-refractivity contribution in [1.82, 2.24) is 10.3 Å². The lowest BCUT2D eigenvalue weighted by molar-refractivity contribution is -0.143. The molecule has 0 aliphatic rings. The molecular formula is C14H19ClN2O3. The van der Waals surface area contributed by atoms with Crippen molar-refractivity contribution in [3.63, 3.8) is 0 Å². The number of nitrogens with one attached hydrogen (secondary N) is 1. The van der Waals surface area contributed by atoms with E-state index < -0.39 is 17.4 Å². The largest absolute Gasteiger partial charge is 0.480 e. The summed E-state index contributed by atoms with van der Waals surface area (Å²) in [6, 6.07) is 3.06. The van der Waals surface area contributed by atoms with Crippen LogP contribution in [0.1, 0.15) is 56.1 Å². The molecule has 110 valence electrons. The van der Waals surface area contributed by atoms with E-state index in [0.717, 1.165) is 0 Å². The van der Waals surface area contributed by atoms with Gasteiger partial charge in [0.15, 0.2) is 0 Å². The van der Waals surface area contributed by atoms with Crippen molar-refractivity contribution in [3.8, 4) is 0 Å². The van der Waals surface area contributed by atoms with Crippen LogP contribution in [0, 0.1) is 0 Å². The van der Waals surface area contributed by atoms with Gasteiger partial charge >= 0.3 is 5.97 Å². The average Bonchev–Trinajstić information content (AvgIpc) is 2.37. The fraction of sp³-hybridized carbons (Fsp3) is 0.500. The molecule has 1 unspecified atom stereocenters. The minimum atomic E-state index is -1.30. The van der Waals surface area contributed by atoms with Crippen LogP contribution in [-0.2, 0) is 4.79 Å². The van der Waals surface area contributed by atoms with Gasteiger partial charge in [-0.25, -0.2) is 9.78 Å². The first kappa shape index (κ1) is 16.4. The van der Waals surface area contributed by atoms with Gasteiger partial charge in [0.1, 0.15) is 10.7 Å². The Morgan fingerprint density at radius 3 is 2.50 bits per heavy atom. The zero-order chi connectivity index (χ0) is 15.5. The monoisotopic (exact) mass is 298 g/mol. The van der Waals surface area contributed by atoms with Crippen molar-refractivity contribution < 1.29 is 14.7 Å². The molecule has 0 fully saturated rings. The Hall–Kier alpha value is -1.62. The molecule has 1 atom stereocenters. The molecule has 1 aromatic rings. The lowest BCUT2D eigenvalue weighted by Crippen LogP contribution is -2.51. The molecule has 20 heavy (non-hydrogen) atoms. The van der Waals surface area contributed by atoms with Gasteiger partial charge in [-0.1, -0.05) is 32.4 Å². The van der Waals surface area contributed by atoms with Gasteiger partial charge in [-0.2, -0.15) is 0 Å². The number of hydrogen-bond donors (Lipinski definition) is 2. The van der Waals surface area contributed by atoms with E-state index in [1.165, 1.54) is 13.0 Å². The first-order valence-corrected chi connectivity index (χ1v) is 6.80. The van der Waals surface area contributed by atoms with Crippen LogP contribution in [0.5, 0.6) is 0 Å². The molecule has 0 saturated carbocycles. The molecule has 6 heteroatoms. The van der Waals surface area contributed by atoms with Crippen LogP contribution in [0.2, 0.25) is 5.15 Å². The van der Waals surface area contributed by atoms with E-state index in [1.807, 2.05) is 13.8 Å². The second-order valence-electron chi connectivity index (χ2n) is 5.20. The van der Waals surface area contributed by atoms with Gasteiger partial charge in [0.25, 0.3) is 5.91 Å². The first-order valence-electron chi connectivity index (χ1n) is 6.43. The summed E-state index contributed by atoms with van der Waals surface area (Å²) in [4.78, 5) is 27.5. The van der Waals surface area contributed by atoms with Gasteiger partial charge in [-0.15, -0.1) is 0 Å². The van der Waals surface area contributed by atoms with E-state index in [4.69, 9.17) is 11.6 Å². The van der Waals surface area contributed by atoms with Crippen molar-refractivity contribution in [2.45, 2.75) is 45.6 Å². The predicted molar refractivity (Wildman–Crippen MR) is 77.1 cm³/mol. The number of pyridine rings is 1. The second-order valence-corrected chi connectivity index (χ2v) is 5.59. The van der Waals surface area contributed by atoms with Crippen LogP contribution in [-0.4, -0.2) is 27.5 Å². The standard InChI is InChI=1S/C14H19ClN2O3/c1-5-14(4,13(19)20)17-12(18)9-6-10(8(2)3)16-11(15)7-9/h6-8H,5H2,1-4H3,(H,17,18)(H,19,20).